The Kier molecular flexibility index (Phi) is 5.45. The largest absolute Gasteiger partial charge is 0.494 e. The average molecular weight is 493 g/mol. The van der Waals surface area contributed by atoms with Crippen molar-refractivity contribution in [1.29, 1.82) is 0 Å². The van der Waals surface area contributed by atoms with Crippen LogP contribution in [0.1, 0.15) is 18.5 Å². The molecule has 0 saturated carbocycles. The summed E-state index contributed by atoms with van der Waals surface area (Å²) in [5, 5.41) is 1.70. The molecule has 3 aromatic rings. The number of fused-ring (bicyclic) bond motifs is 1. The van der Waals surface area contributed by atoms with E-state index < -0.39 is 18.1 Å². The van der Waals surface area contributed by atoms with Gasteiger partial charge in [-0.15, -0.1) is 0 Å². The smallest absolute Gasteiger partial charge is 0.266 e. The van der Waals surface area contributed by atoms with Crippen LogP contribution in [-0.4, -0.2) is 24.5 Å². The summed E-state index contributed by atoms with van der Waals surface area (Å²) in [7, 11) is 0. The number of nitrogens with zero attached hydrogens (tertiary/aromatic N) is 2. The average Bonchev–Trinajstić information content (AvgIpc) is 3.32. The van der Waals surface area contributed by atoms with Crippen molar-refractivity contribution in [3.05, 3.63) is 88.9 Å². The molecule has 7 heteroatoms. The number of carbonyl (C=O) groups excluding carboxylic acids is 2. The molecule has 3 unspecified atom stereocenters. The number of ether oxygens (including phenoxy) is 1. The van der Waals surface area contributed by atoms with Gasteiger partial charge in [-0.1, -0.05) is 46.3 Å². The standard InChI is InChI=1S/C25H21BrN2O4/c1-2-31-20-14-12-18(13-15-20)27-24(29)21-22(16-8-10-17(26)11-9-16)28(32-23(21)25(27)30)19-6-4-3-5-7-19/h3-15,21-23H,2H2,1H3. The second kappa shape index (κ2) is 8.41. The van der Waals surface area contributed by atoms with Crippen molar-refractivity contribution in [3.8, 4) is 5.75 Å². The fraction of sp³-hybridized carbons (Fsp3) is 0.200. The summed E-state index contributed by atoms with van der Waals surface area (Å²) in [6.45, 7) is 2.45. The van der Waals surface area contributed by atoms with Gasteiger partial charge in [0.1, 0.15) is 11.7 Å². The monoisotopic (exact) mass is 492 g/mol. The van der Waals surface area contributed by atoms with Gasteiger partial charge in [-0.3, -0.25) is 14.4 Å². The Morgan fingerprint density at radius 1 is 0.875 bits per heavy atom. The van der Waals surface area contributed by atoms with Crippen LogP contribution in [0.15, 0.2) is 83.3 Å². The highest BCUT2D eigenvalue weighted by atomic mass is 79.9. The van der Waals surface area contributed by atoms with E-state index >= 15 is 0 Å². The van der Waals surface area contributed by atoms with Crippen LogP contribution in [0.5, 0.6) is 5.75 Å². The van der Waals surface area contributed by atoms with Crippen molar-refractivity contribution in [2.45, 2.75) is 19.1 Å². The van der Waals surface area contributed by atoms with E-state index in [1.165, 1.54) is 4.90 Å². The lowest BCUT2D eigenvalue weighted by Crippen LogP contribution is -2.37. The lowest BCUT2D eigenvalue weighted by Gasteiger charge is -2.28. The molecule has 2 heterocycles. The highest BCUT2D eigenvalue weighted by molar-refractivity contribution is 9.10. The number of para-hydroxylation sites is 1. The molecule has 2 aliphatic rings. The van der Waals surface area contributed by atoms with E-state index in [9.17, 15) is 9.59 Å². The maximum absolute atomic E-state index is 13.6. The van der Waals surface area contributed by atoms with Gasteiger partial charge >= 0.3 is 0 Å². The highest BCUT2D eigenvalue weighted by Gasteiger charge is 2.60. The van der Waals surface area contributed by atoms with Crippen molar-refractivity contribution in [1.82, 2.24) is 0 Å². The minimum atomic E-state index is -0.886. The maximum atomic E-state index is 13.6. The van der Waals surface area contributed by atoms with Crippen molar-refractivity contribution in [3.63, 3.8) is 0 Å². The van der Waals surface area contributed by atoms with Gasteiger partial charge in [-0.05, 0) is 61.0 Å². The zero-order valence-electron chi connectivity index (χ0n) is 17.4. The molecule has 0 spiro atoms. The van der Waals surface area contributed by atoms with Gasteiger partial charge in [0.15, 0.2) is 6.10 Å². The second-order valence-corrected chi connectivity index (χ2v) is 8.56. The number of hydroxylamine groups is 1. The van der Waals surface area contributed by atoms with Crippen molar-refractivity contribution in [2.75, 3.05) is 16.6 Å². The number of amides is 2. The molecule has 162 valence electrons. The predicted molar refractivity (Wildman–Crippen MR) is 124 cm³/mol. The molecule has 2 amide bonds. The fourth-order valence-corrected chi connectivity index (χ4v) is 4.59. The van der Waals surface area contributed by atoms with Crippen LogP contribution in [-0.2, 0) is 14.4 Å². The number of halogens is 1. The Hall–Kier alpha value is -3.16. The van der Waals surface area contributed by atoms with E-state index in [4.69, 9.17) is 9.57 Å². The molecule has 5 rings (SSSR count). The van der Waals surface area contributed by atoms with E-state index in [2.05, 4.69) is 15.9 Å². The quantitative estimate of drug-likeness (QED) is 0.474. The first kappa shape index (κ1) is 20.7. The molecule has 2 saturated heterocycles. The van der Waals surface area contributed by atoms with Gasteiger partial charge in [0.2, 0.25) is 5.91 Å². The zero-order valence-corrected chi connectivity index (χ0v) is 18.9. The molecule has 0 bridgehead atoms. The first-order valence-corrected chi connectivity index (χ1v) is 11.2. The molecule has 2 aliphatic heterocycles. The molecule has 0 aliphatic carbocycles. The topological polar surface area (TPSA) is 59.1 Å². The number of rotatable bonds is 5. The molecular formula is C25H21BrN2O4. The van der Waals surface area contributed by atoms with Crippen LogP contribution >= 0.6 is 15.9 Å². The van der Waals surface area contributed by atoms with Gasteiger partial charge in [-0.25, -0.2) is 9.96 Å². The Labute approximate surface area is 194 Å². The lowest BCUT2D eigenvalue weighted by molar-refractivity contribution is -0.126. The van der Waals surface area contributed by atoms with E-state index in [0.29, 0.717) is 18.0 Å². The van der Waals surface area contributed by atoms with Gasteiger partial charge in [0.05, 0.1) is 24.0 Å². The van der Waals surface area contributed by atoms with Crippen LogP contribution in [0.25, 0.3) is 0 Å². The first-order valence-electron chi connectivity index (χ1n) is 10.5. The summed E-state index contributed by atoms with van der Waals surface area (Å²) in [6.07, 6.45) is -0.886. The third kappa shape index (κ3) is 3.47. The highest BCUT2D eigenvalue weighted by Crippen LogP contribution is 2.47. The summed E-state index contributed by atoms with van der Waals surface area (Å²) in [5.41, 5.74) is 2.21. The number of benzene rings is 3. The number of anilines is 2. The molecule has 0 radical (unpaired) electrons. The number of carbonyl (C=O) groups is 2. The summed E-state index contributed by atoms with van der Waals surface area (Å²) >= 11 is 3.46. The van der Waals surface area contributed by atoms with Crippen LogP contribution in [0.4, 0.5) is 11.4 Å². The third-order valence-electron chi connectivity index (χ3n) is 5.74. The Morgan fingerprint density at radius 3 is 2.22 bits per heavy atom. The Bertz CT molecular complexity index is 1130. The van der Waals surface area contributed by atoms with Crippen LogP contribution < -0.4 is 14.7 Å². The summed E-state index contributed by atoms with van der Waals surface area (Å²) < 4.78 is 6.41. The summed E-state index contributed by atoms with van der Waals surface area (Å²) in [5.74, 6) is -0.592. The molecular weight excluding hydrogens is 472 g/mol. The minimum absolute atomic E-state index is 0.268. The van der Waals surface area contributed by atoms with Crippen LogP contribution in [0.3, 0.4) is 0 Å². The molecule has 3 atom stereocenters. The minimum Gasteiger partial charge on any atom is -0.494 e. The Morgan fingerprint density at radius 2 is 1.56 bits per heavy atom. The number of hydrogen-bond donors (Lipinski definition) is 0. The van der Waals surface area contributed by atoms with Crippen molar-refractivity contribution in [2.24, 2.45) is 5.92 Å². The van der Waals surface area contributed by atoms with Crippen molar-refractivity contribution >= 4 is 39.1 Å². The first-order chi connectivity index (χ1) is 15.6. The lowest BCUT2D eigenvalue weighted by atomic mass is 9.90. The predicted octanol–water partition coefficient (Wildman–Crippen LogP) is 4.90. The molecule has 32 heavy (non-hydrogen) atoms. The SMILES string of the molecule is CCOc1ccc(N2C(=O)C3ON(c4ccccc4)C(c4ccc(Br)cc4)C3C2=O)cc1. The number of hydrogen-bond acceptors (Lipinski definition) is 5. The maximum Gasteiger partial charge on any atom is 0.266 e. The fourth-order valence-electron chi connectivity index (χ4n) is 4.32. The Balaban J connectivity index is 1.53. The molecule has 0 N–H and O–H groups in total. The molecule has 6 nitrogen and oxygen atoms in total. The van der Waals surface area contributed by atoms with E-state index in [1.807, 2.05) is 61.5 Å². The van der Waals surface area contributed by atoms with Crippen molar-refractivity contribution < 1.29 is 19.2 Å². The normalized spacial score (nSPS) is 22.4. The van der Waals surface area contributed by atoms with Gasteiger partial charge in [-0.2, -0.15) is 0 Å². The van der Waals surface area contributed by atoms with Gasteiger partial charge in [0, 0.05) is 4.47 Å². The van der Waals surface area contributed by atoms with Crippen LogP contribution in [0, 0.1) is 5.92 Å². The third-order valence-corrected chi connectivity index (χ3v) is 6.27. The molecule has 3 aromatic carbocycles. The number of imide groups is 1. The summed E-state index contributed by atoms with van der Waals surface area (Å²) in [6, 6.07) is 23.8. The van der Waals surface area contributed by atoms with Crippen LogP contribution in [0.2, 0.25) is 0 Å². The summed E-state index contributed by atoms with van der Waals surface area (Å²) in [4.78, 5) is 34.3. The zero-order chi connectivity index (χ0) is 22.2. The molecule has 0 aromatic heterocycles. The van der Waals surface area contributed by atoms with E-state index in [1.54, 1.807) is 29.3 Å². The van der Waals surface area contributed by atoms with E-state index in [0.717, 1.165) is 15.7 Å². The molecule has 2 fully saturated rings. The van der Waals surface area contributed by atoms with E-state index in [-0.39, 0.29) is 11.8 Å². The van der Waals surface area contributed by atoms with Gasteiger partial charge in [0.25, 0.3) is 5.91 Å². The van der Waals surface area contributed by atoms with Gasteiger partial charge < -0.3 is 4.74 Å². The second-order valence-electron chi connectivity index (χ2n) is 7.65.